The molecule has 0 radical (unpaired) electrons. The molecule has 8 nitrogen and oxygen atoms in total. The number of rotatable bonds is 5. The molecule has 1 spiro atoms. The standard InChI is InChI=1S/C30H39N3O5/c1-17(2)31-27(35)20-15-30(37)22-14-19-8-9-21(34)25-24(19)29(30,10-13-33(22)16-18-6-7-18)26(38-25)23(20)28(36)32-11-4-3-5-12-32/h8-9,17-18,22,26,34,37H,3-7,10-16H2,1-2H3,(H,31,35)/t22-,26+,29+,30-/m1/s1. The van der Waals surface area contributed by atoms with Crippen molar-refractivity contribution in [1.82, 2.24) is 15.1 Å². The molecule has 0 unspecified atom stereocenters. The van der Waals surface area contributed by atoms with Gasteiger partial charge in [-0.3, -0.25) is 14.5 Å². The van der Waals surface area contributed by atoms with Crippen molar-refractivity contribution in [3.05, 3.63) is 34.4 Å². The van der Waals surface area contributed by atoms with Crippen LogP contribution in [0.5, 0.6) is 11.5 Å². The highest BCUT2D eigenvalue weighted by Crippen LogP contribution is 2.66. The van der Waals surface area contributed by atoms with Crippen LogP contribution in [0.15, 0.2) is 23.3 Å². The zero-order valence-corrected chi connectivity index (χ0v) is 22.5. The minimum atomic E-state index is -1.29. The Labute approximate surface area is 224 Å². The number of aromatic hydroxyl groups is 1. The lowest BCUT2D eigenvalue weighted by atomic mass is 9.48. The Morgan fingerprint density at radius 2 is 1.92 bits per heavy atom. The average molecular weight is 522 g/mol. The van der Waals surface area contributed by atoms with E-state index in [2.05, 4.69) is 10.2 Å². The zero-order valence-electron chi connectivity index (χ0n) is 22.5. The highest BCUT2D eigenvalue weighted by molar-refractivity contribution is 6.07. The Morgan fingerprint density at radius 1 is 1.16 bits per heavy atom. The van der Waals surface area contributed by atoms with Crippen molar-refractivity contribution >= 4 is 11.8 Å². The van der Waals surface area contributed by atoms with Gasteiger partial charge in [0, 0.05) is 49.3 Å². The molecule has 1 aromatic rings. The first kappa shape index (κ1) is 24.5. The van der Waals surface area contributed by atoms with E-state index in [4.69, 9.17) is 4.74 Å². The fourth-order valence-electron chi connectivity index (χ4n) is 8.25. The van der Waals surface area contributed by atoms with Crippen LogP contribution >= 0.6 is 0 Å². The number of piperidine rings is 2. The Kier molecular flexibility index (Phi) is 5.44. The maximum absolute atomic E-state index is 14.3. The van der Waals surface area contributed by atoms with Crippen LogP contribution in [0, 0.1) is 5.92 Å². The van der Waals surface area contributed by atoms with Gasteiger partial charge >= 0.3 is 0 Å². The number of benzene rings is 1. The summed E-state index contributed by atoms with van der Waals surface area (Å²) in [4.78, 5) is 32.3. The summed E-state index contributed by atoms with van der Waals surface area (Å²) in [5, 5.41) is 26.9. The van der Waals surface area contributed by atoms with Crippen molar-refractivity contribution in [2.45, 2.75) is 94.4 Å². The minimum absolute atomic E-state index is 0.0340. The van der Waals surface area contributed by atoms with E-state index in [0.717, 1.165) is 43.5 Å². The lowest BCUT2D eigenvalue weighted by Crippen LogP contribution is -2.76. The molecule has 0 aromatic heterocycles. The van der Waals surface area contributed by atoms with Crippen molar-refractivity contribution in [3.8, 4) is 11.5 Å². The van der Waals surface area contributed by atoms with Gasteiger partial charge in [-0.1, -0.05) is 6.07 Å². The third kappa shape index (κ3) is 3.28. The zero-order chi connectivity index (χ0) is 26.4. The van der Waals surface area contributed by atoms with Crippen molar-refractivity contribution in [2.24, 2.45) is 5.92 Å². The summed E-state index contributed by atoms with van der Waals surface area (Å²) in [5.74, 6) is 0.627. The summed E-state index contributed by atoms with van der Waals surface area (Å²) in [6.07, 6.45) is 5.99. The molecule has 2 bridgehead atoms. The number of carbonyl (C=O) groups is 2. The van der Waals surface area contributed by atoms with E-state index in [1.165, 1.54) is 12.8 Å². The SMILES string of the molecule is CC(C)NC(=O)C1=C(C(=O)N2CCCCC2)[C@@H]2Oc3c(O)ccc4c3[C@@]23CCN(CC2CC2)[C@H](C4)[C@]3(O)C1. The van der Waals surface area contributed by atoms with Crippen LogP contribution in [-0.2, 0) is 21.4 Å². The molecule has 204 valence electrons. The van der Waals surface area contributed by atoms with Crippen molar-refractivity contribution in [2.75, 3.05) is 26.2 Å². The molecule has 2 amide bonds. The normalized spacial score (nSPS) is 33.7. The summed E-state index contributed by atoms with van der Waals surface area (Å²) >= 11 is 0. The number of carbonyl (C=O) groups excluding carboxylic acids is 2. The van der Waals surface area contributed by atoms with Gasteiger partial charge in [0.05, 0.1) is 16.6 Å². The van der Waals surface area contributed by atoms with Gasteiger partial charge in [0.2, 0.25) is 5.91 Å². The van der Waals surface area contributed by atoms with E-state index < -0.39 is 17.1 Å². The Hall–Kier alpha value is -2.58. The largest absolute Gasteiger partial charge is 0.504 e. The Bertz CT molecular complexity index is 1230. The van der Waals surface area contributed by atoms with Gasteiger partial charge in [-0.15, -0.1) is 0 Å². The molecule has 7 rings (SSSR count). The van der Waals surface area contributed by atoms with E-state index in [9.17, 15) is 19.8 Å². The van der Waals surface area contributed by atoms with Gasteiger partial charge in [-0.2, -0.15) is 0 Å². The predicted molar refractivity (Wildman–Crippen MR) is 141 cm³/mol. The second-order valence-electron chi connectivity index (χ2n) is 12.8. The van der Waals surface area contributed by atoms with Crippen LogP contribution in [-0.4, -0.2) is 81.8 Å². The number of ether oxygens (including phenoxy) is 1. The molecular weight excluding hydrogens is 482 g/mol. The monoisotopic (exact) mass is 521 g/mol. The molecular formula is C30H39N3O5. The van der Waals surface area contributed by atoms with Gasteiger partial charge in [-0.05, 0) is 82.9 Å². The topological polar surface area (TPSA) is 102 Å². The van der Waals surface area contributed by atoms with Crippen LogP contribution in [0.2, 0.25) is 0 Å². The number of hydrogen-bond donors (Lipinski definition) is 3. The first-order valence-corrected chi connectivity index (χ1v) is 14.6. The number of amides is 2. The van der Waals surface area contributed by atoms with E-state index >= 15 is 0 Å². The number of likely N-dealkylation sites (tertiary alicyclic amines) is 2. The van der Waals surface area contributed by atoms with Crippen LogP contribution in [0.1, 0.15) is 69.9 Å². The van der Waals surface area contributed by atoms with Gasteiger partial charge in [0.25, 0.3) is 5.91 Å². The quantitative estimate of drug-likeness (QED) is 0.550. The van der Waals surface area contributed by atoms with E-state index in [-0.39, 0.29) is 36.1 Å². The van der Waals surface area contributed by atoms with Crippen LogP contribution in [0.4, 0.5) is 0 Å². The number of nitrogens with zero attached hydrogens (tertiary/aromatic N) is 2. The maximum atomic E-state index is 14.3. The Balaban J connectivity index is 1.43. The van der Waals surface area contributed by atoms with Crippen LogP contribution in [0.3, 0.4) is 0 Å². The molecule has 3 fully saturated rings. The van der Waals surface area contributed by atoms with Gasteiger partial charge < -0.3 is 25.2 Å². The number of aliphatic hydroxyl groups is 1. The molecule has 3 N–H and O–H groups in total. The summed E-state index contributed by atoms with van der Waals surface area (Å²) in [7, 11) is 0. The first-order valence-electron chi connectivity index (χ1n) is 14.6. The van der Waals surface area contributed by atoms with E-state index in [1.807, 2.05) is 24.8 Å². The molecule has 3 aliphatic heterocycles. The molecule has 3 heterocycles. The molecule has 38 heavy (non-hydrogen) atoms. The fourth-order valence-corrected chi connectivity index (χ4v) is 8.25. The predicted octanol–water partition coefficient (Wildman–Crippen LogP) is 2.40. The van der Waals surface area contributed by atoms with Crippen molar-refractivity contribution in [1.29, 1.82) is 0 Å². The second kappa shape index (κ2) is 8.46. The Morgan fingerprint density at radius 3 is 2.63 bits per heavy atom. The molecule has 6 aliphatic rings. The molecule has 8 heteroatoms. The molecule has 3 aliphatic carbocycles. The molecule has 1 saturated carbocycles. The highest BCUT2D eigenvalue weighted by atomic mass is 16.5. The minimum Gasteiger partial charge on any atom is -0.504 e. The molecule has 1 aromatic carbocycles. The van der Waals surface area contributed by atoms with Crippen molar-refractivity contribution in [3.63, 3.8) is 0 Å². The summed E-state index contributed by atoms with van der Waals surface area (Å²) in [6.45, 7) is 6.88. The van der Waals surface area contributed by atoms with Gasteiger partial charge in [0.15, 0.2) is 11.5 Å². The number of hydrogen-bond acceptors (Lipinski definition) is 6. The van der Waals surface area contributed by atoms with Gasteiger partial charge in [0.1, 0.15) is 6.10 Å². The highest BCUT2D eigenvalue weighted by Gasteiger charge is 2.73. The fraction of sp³-hybridized carbons (Fsp3) is 0.667. The van der Waals surface area contributed by atoms with Gasteiger partial charge in [-0.25, -0.2) is 0 Å². The lowest BCUT2D eigenvalue weighted by Gasteiger charge is -2.63. The summed E-state index contributed by atoms with van der Waals surface area (Å²) < 4.78 is 6.60. The van der Waals surface area contributed by atoms with Crippen LogP contribution < -0.4 is 10.1 Å². The maximum Gasteiger partial charge on any atom is 0.254 e. The number of phenolic OH excluding ortho intramolecular Hbond substituents is 1. The second-order valence-corrected chi connectivity index (χ2v) is 12.8. The smallest absolute Gasteiger partial charge is 0.254 e. The van der Waals surface area contributed by atoms with Crippen LogP contribution in [0.25, 0.3) is 0 Å². The third-order valence-electron chi connectivity index (χ3n) is 10.1. The first-order chi connectivity index (χ1) is 18.2. The lowest BCUT2D eigenvalue weighted by molar-refractivity contribution is -0.169. The molecule has 2 saturated heterocycles. The third-order valence-corrected chi connectivity index (χ3v) is 10.1. The summed E-state index contributed by atoms with van der Waals surface area (Å²) in [6, 6.07) is 3.35. The van der Waals surface area contributed by atoms with Crippen molar-refractivity contribution < 1.29 is 24.5 Å². The summed E-state index contributed by atoms with van der Waals surface area (Å²) in [5.41, 5.74) is 0.516. The number of phenols is 1. The molecule has 4 atom stereocenters. The van der Waals surface area contributed by atoms with E-state index in [0.29, 0.717) is 48.7 Å². The average Bonchev–Trinajstić information content (AvgIpc) is 3.63. The number of nitrogens with one attached hydrogen (secondary N) is 1. The van der Waals surface area contributed by atoms with E-state index in [1.54, 1.807) is 6.07 Å².